The molecule has 1 aromatic rings. The van der Waals surface area contributed by atoms with E-state index in [0.29, 0.717) is 18.2 Å². The normalized spacial score (nSPS) is 11.8. The van der Waals surface area contributed by atoms with Crippen molar-refractivity contribution in [1.82, 2.24) is 15.0 Å². The molecule has 0 saturated carbocycles. The van der Waals surface area contributed by atoms with Crippen LogP contribution in [-0.2, 0) is 0 Å². The standard InChI is InChI=1S/C9H13N5/c1-4-5-6(2)11-9-13-7(3)12-8(10)14-9/h1,6H,5H2,2-3H3,(H3,10,11,12,13,14). The third-order valence-electron chi connectivity index (χ3n) is 1.56. The van der Waals surface area contributed by atoms with Gasteiger partial charge in [0.15, 0.2) is 0 Å². The van der Waals surface area contributed by atoms with Crippen LogP contribution in [0.3, 0.4) is 0 Å². The van der Waals surface area contributed by atoms with Crippen LogP contribution in [0.1, 0.15) is 19.2 Å². The van der Waals surface area contributed by atoms with E-state index >= 15 is 0 Å². The molecule has 1 aromatic heterocycles. The minimum atomic E-state index is 0.126. The molecular formula is C9H13N5. The molecule has 0 aliphatic carbocycles. The number of anilines is 2. The molecule has 1 atom stereocenters. The Bertz CT molecular complexity index is 334. The summed E-state index contributed by atoms with van der Waals surface area (Å²) in [7, 11) is 0. The lowest BCUT2D eigenvalue weighted by atomic mass is 10.2. The van der Waals surface area contributed by atoms with Gasteiger partial charge in [-0.2, -0.15) is 15.0 Å². The molecule has 0 aliphatic heterocycles. The maximum atomic E-state index is 5.47. The molecule has 0 radical (unpaired) electrons. The topological polar surface area (TPSA) is 76.7 Å². The predicted molar refractivity (Wildman–Crippen MR) is 55.5 cm³/mol. The fraction of sp³-hybridized carbons (Fsp3) is 0.444. The van der Waals surface area contributed by atoms with Gasteiger partial charge in [0.05, 0.1) is 0 Å². The van der Waals surface area contributed by atoms with E-state index in [1.165, 1.54) is 0 Å². The average Bonchev–Trinajstić information content (AvgIpc) is 2.01. The monoisotopic (exact) mass is 191 g/mol. The zero-order chi connectivity index (χ0) is 10.6. The maximum absolute atomic E-state index is 5.47. The molecule has 0 aromatic carbocycles. The highest BCUT2D eigenvalue weighted by molar-refractivity contribution is 5.31. The number of nitrogens with one attached hydrogen (secondary N) is 1. The molecule has 5 heteroatoms. The summed E-state index contributed by atoms with van der Waals surface area (Å²) in [6.45, 7) is 3.71. The Hall–Kier alpha value is -1.83. The van der Waals surface area contributed by atoms with Crippen LogP contribution in [0.5, 0.6) is 0 Å². The minimum Gasteiger partial charge on any atom is -0.368 e. The highest BCUT2D eigenvalue weighted by atomic mass is 15.2. The van der Waals surface area contributed by atoms with Gasteiger partial charge < -0.3 is 11.1 Å². The van der Waals surface area contributed by atoms with Crippen molar-refractivity contribution in [2.45, 2.75) is 26.3 Å². The maximum Gasteiger partial charge on any atom is 0.227 e. The molecule has 1 rings (SSSR count). The predicted octanol–water partition coefficient (Wildman–Crippen LogP) is 0.586. The van der Waals surface area contributed by atoms with Gasteiger partial charge in [-0.3, -0.25) is 0 Å². The molecule has 14 heavy (non-hydrogen) atoms. The molecule has 0 spiro atoms. The molecule has 0 bridgehead atoms. The van der Waals surface area contributed by atoms with Crippen LogP contribution in [0.4, 0.5) is 11.9 Å². The zero-order valence-electron chi connectivity index (χ0n) is 8.28. The molecule has 0 aliphatic rings. The van der Waals surface area contributed by atoms with Gasteiger partial charge in [-0.15, -0.1) is 12.3 Å². The zero-order valence-corrected chi connectivity index (χ0v) is 8.28. The van der Waals surface area contributed by atoms with Crippen molar-refractivity contribution in [3.63, 3.8) is 0 Å². The summed E-state index contributed by atoms with van der Waals surface area (Å²) in [5.41, 5.74) is 5.47. The Labute approximate surface area is 83.2 Å². The second-order valence-corrected chi connectivity index (χ2v) is 3.02. The van der Waals surface area contributed by atoms with Crippen molar-refractivity contribution in [1.29, 1.82) is 0 Å². The van der Waals surface area contributed by atoms with Crippen LogP contribution < -0.4 is 11.1 Å². The van der Waals surface area contributed by atoms with E-state index in [0.717, 1.165) is 0 Å². The van der Waals surface area contributed by atoms with E-state index in [-0.39, 0.29) is 12.0 Å². The Kier molecular flexibility index (Phi) is 3.24. The number of rotatable bonds is 3. The van der Waals surface area contributed by atoms with Crippen molar-refractivity contribution in [2.24, 2.45) is 0 Å². The summed E-state index contributed by atoms with van der Waals surface area (Å²) in [6, 6.07) is 0.126. The number of nitrogens with two attached hydrogens (primary N) is 1. The summed E-state index contributed by atoms with van der Waals surface area (Å²) < 4.78 is 0. The second kappa shape index (κ2) is 4.42. The van der Waals surface area contributed by atoms with E-state index in [1.807, 2.05) is 6.92 Å². The van der Waals surface area contributed by atoms with Crippen molar-refractivity contribution in [2.75, 3.05) is 11.1 Å². The summed E-state index contributed by atoms with van der Waals surface area (Å²) >= 11 is 0. The number of aryl methyl sites for hydroxylation is 1. The Morgan fingerprint density at radius 2 is 2.21 bits per heavy atom. The lowest BCUT2D eigenvalue weighted by Crippen LogP contribution is -2.17. The summed E-state index contributed by atoms with van der Waals surface area (Å²) in [4.78, 5) is 11.9. The smallest absolute Gasteiger partial charge is 0.227 e. The number of aromatic nitrogens is 3. The SMILES string of the molecule is C#CCC(C)Nc1nc(C)nc(N)n1. The lowest BCUT2D eigenvalue weighted by molar-refractivity contribution is 0.805. The molecule has 74 valence electrons. The molecular weight excluding hydrogens is 178 g/mol. The fourth-order valence-corrected chi connectivity index (χ4v) is 1.02. The van der Waals surface area contributed by atoms with Crippen LogP contribution in [0.25, 0.3) is 0 Å². The van der Waals surface area contributed by atoms with Crippen LogP contribution >= 0.6 is 0 Å². The first-order valence-corrected chi connectivity index (χ1v) is 4.30. The third-order valence-corrected chi connectivity index (χ3v) is 1.56. The Morgan fingerprint density at radius 1 is 1.50 bits per heavy atom. The quantitative estimate of drug-likeness (QED) is 0.684. The van der Waals surface area contributed by atoms with Crippen LogP contribution in [0.15, 0.2) is 0 Å². The van der Waals surface area contributed by atoms with E-state index in [4.69, 9.17) is 12.2 Å². The summed E-state index contributed by atoms with van der Waals surface area (Å²) in [5.74, 6) is 3.83. The number of nitrogens with zero attached hydrogens (tertiary/aromatic N) is 3. The Balaban J connectivity index is 2.72. The van der Waals surface area contributed by atoms with Gasteiger partial charge in [0.2, 0.25) is 11.9 Å². The van der Waals surface area contributed by atoms with Gasteiger partial charge >= 0.3 is 0 Å². The highest BCUT2D eigenvalue weighted by Gasteiger charge is 2.04. The van der Waals surface area contributed by atoms with Crippen LogP contribution in [-0.4, -0.2) is 21.0 Å². The van der Waals surface area contributed by atoms with Gasteiger partial charge in [0.25, 0.3) is 0 Å². The lowest BCUT2D eigenvalue weighted by Gasteiger charge is -2.10. The van der Waals surface area contributed by atoms with E-state index in [9.17, 15) is 0 Å². The molecule has 1 unspecified atom stereocenters. The number of terminal acetylenes is 1. The summed E-state index contributed by atoms with van der Waals surface area (Å²) in [6.07, 6.45) is 5.79. The first-order valence-electron chi connectivity index (χ1n) is 4.30. The highest BCUT2D eigenvalue weighted by Crippen LogP contribution is 2.04. The minimum absolute atomic E-state index is 0.126. The fourth-order valence-electron chi connectivity index (χ4n) is 1.02. The molecule has 1 heterocycles. The molecule has 5 nitrogen and oxygen atoms in total. The summed E-state index contributed by atoms with van der Waals surface area (Å²) in [5, 5.41) is 3.04. The van der Waals surface area contributed by atoms with Crippen molar-refractivity contribution < 1.29 is 0 Å². The Morgan fingerprint density at radius 3 is 2.79 bits per heavy atom. The molecule has 0 saturated heterocycles. The van der Waals surface area contributed by atoms with Gasteiger partial charge in [0.1, 0.15) is 5.82 Å². The molecule has 0 amide bonds. The molecule has 3 N–H and O–H groups in total. The van der Waals surface area contributed by atoms with E-state index < -0.39 is 0 Å². The number of hydrogen-bond donors (Lipinski definition) is 2. The average molecular weight is 191 g/mol. The van der Waals surface area contributed by atoms with Crippen molar-refractivity contribution >= 4 is 11.9 Å². The first kappa shape index (κ1) is 10.3. The third kappa shape index (κ3) is 2.90. The van der Waals surface area contributed by atoms with E-state index in [1.54, 1.807) is 6.92 Å². The largest absolute Gasteiger partial charge is 0.368 e. The number of hydrogen-bond acceptors (Lipinski definition) is 5. The van der Waals surface area contributed by atoms with Crippen molar-refractivity contribution in [3.05, 3.63) is 5.82 Å². The second-order valence-electron chi connectivity index (χ2n) is 3.02. The van der Waals surface area contributed by atoms with Crippen molar-refractivity contribution in [3.8, 4) is 12.3 Å². The first-order chi connectivity index (χ1) is 6.61. The van der Waals surface area contributed by atoms with Gasteiger partial charge in [-0.25, -0.2) is 0 Å². The molecule has 0 fully saturated rings. The van der Waals surface area contributed by atoms with Crippen LogP contribution in [0.2, 0.25) is 0 Å². The number of nitrogen functional groups attached to an aromatic ring is 1. The van der Waals surface area contributed by atoms with Gasteiger partial charge in [-0.05, 0) is 13.8 Å². The van der Waals surface area contributed by atoms with Gasteiger partial charge in [-0.1, -0.05) is 0 Å². The van der Waals surface area contributed by atoms with E-state index in [2.05, 4.69) is 26.2 Å². The van der Waals surface area contributed by atoms with Crippen LogP contribution in [0, 0.1) is 19.3 Å². The van der Waals surface area contributed by atoms with Gasteiger partial charge in [0, 0.05) is 12.5 Å².